The van der Waals surface area contributed by atoms with Gasteiger partial charge >= 0.3 is 23.5 Å². The van der Waals surface area contributed by atoms with Crippen molar-refractivity contribution in [1.82, 2.24) is 0 Å². The Balaban J connectivity index is 4.45. The van der Waals surface area contributed by atoms with Crippen LogP contribution in [-0.2, 0) is 28.7 Å². The first-order chi connectivity index (χ1) is 6.52. The second-order valence-corrected chi connectivity index (χ2v) is 1.89. The van der Waals surface area contributed by atoms with E-state index >= 15 is 0 Å². The highest BCUT2D eigenvalue weighted by atomic mass is 16.5. The molecule has 0 fully saturated rings. The summed E-state index contributed by atoms with van der Waals surface area (Å²) in [5, 5.41) is 0. The Kier molecular flexibility index (Phi) is 4.63. The van der Waals surface area contributed by atoms with Crippen molar-refractivity contribution in [1.29, 1.82) is 0 Å². The molecule has 0 unspecified atom stereocenters. The molecule has 0 saturated heterocycles. The van der Waals surface area contributed by atoms with Crippen molar-refractivity contribution in [3.05, 3.63) is 0 Å². The average molecular weight is 198 g/mol. The lowest BCUT2D eigenvalue weighted by molar-refractivity contribution is -0.149. The van der Waals surface area contributed by atoms with Gasteiger partial charge in [-0.1, -0.05) is 0 Å². The van der Waals surface area contributed by atoms with Gasteiger partial charge in [-0.3, -0.25) is 9.59 Å². The van der Waals surface area contributed by atoms with Crippen LogP contribution < -0.4 is 0 Å². The number of esters is 2. The highest BCUT2D eigenvalue weighted by Gasteiger charge is 2.13. The summed E-state index contributed by atoms with van der Waals surface area (Å²) in [6, 6.07) is 0. The molecule has 0 rings (SSSR count). The van der Waals surface area contributed by atoms with Gasteiger partial charge in [0.05, 0.1) is 14.2 Å². The summed E-state index contributed by atoms with van der Waals surface area (Å²) in [4.78, 5) is 42.2. The fraction of sp³-hybridized carbons (Fsp3) is 0.250. The van der Waals surface area contributed by atoms with Gasteiger partial charge in [0.2, 0.25) is 0 Å². The van der Waals surface area contributed by atoms with E-state index in [1.165, 1.54) is 0 Å². The molecule has 14 heavy (non-hydrogen) atoms. The van der Waals surface area contributed by atoms with E-state index in [0.717, 1.165) is 14.2 Å². The molecule has 0 aromatic heterocycles. The Bertz CT molecular complexity index is 311. The number of carbonyl (C=O) groups is 4. The highest BCUT2D eigenvalue weighted by Crippen LogP contribution is 1.78. The topological polar surface area (TPSA) is 86.7 Å². The van der Waals surface area contributed by atoms with Crippen LogP contribution in [0.3, 0.4) is 0 Å². The Hall–Kier alpha value is -2.16. The molecule has 0 atom stereocenters. The fourth-order valence-electron chi connectivity index (χ4n) is 0.401. The molecule has 74 valence electrons. The van der Waals surface area contributed by atoms with E-state index in [-0.39, 0.29) is 0 Å². The smallest absolute Gasteiger partial charge is 0.387 e. The second-order valence-electron chi connectivity index (χ2n) is 1.89. The first-order valence-corrected chi connectivity index (χ1v) is 3.29. The van der Waals surface area contributed by atoms with Gasteiger partial charge in [0.1, 0.15) is 0 Å². The van der Waals surface area contributed by atoms with Gasteiger partial charge in [-0.25, -0.2) is 9.59 Å². The van der Waals surface area contributed by atoms with Crippen molar-refractivity contribution in [3.63, 3.8) is 0 Å². The lowest BCUT2D eigenvalue weighted by Gasteiger charge is -1.89. The van der Waals surface area contributed by atoms with Gasteiger partial charge in [-0.15, -0.1) is 0 Å². The molecule has 0 spiro atoms. The van der Waals surface area contributed by atoms with Gasteiger partial charge < -0.3 is 9.47 Å². The quantitative estimate of drug-likeness (QED) is 0.231. The maximum absolute atomic E-state index is 10.6. The van der Waals surface area contributed by atoms with Crippen molar-refractivity contribution < 1.29 is 28.7 Å². The Labute approximate surface area is 79.2 Å². The van der Waals surface area contributed by atoms with Crippen LogP contribution in [0.2, 0.25) is 0 Å². The molecule has 0 aliphatic rings. The van der Waals surface area contributed by atoms with E-state index in [9.17, 15) is 19.2 Å². The van der Waals surface area contributed by atoms with Crippen LogP contribution in [-0.4, -0.2) is 37.7 Å². The van der Waals surface area contributed by atoms with E-state index in [4.69, 9.17) is 0 Å². The number of Topliss-reactive ketones (excluding diaryl/α,β-unsaturated/α-hetero) is 2. The number of carbonyl (C=O) groups excluding carboxylic acids is 4. The molecular formula is C8H6O6. The van der Waals surface area contributed by atoms with Crippen LogP contribution in [0.5, 0.6) is 0 Å². The SMILES string of the molecule is COC(=O)C(=O)C#CC(=O)C(=O)OC. The largest absolute Gasteiger partial charge is 0.463 e. The van der Waals surface area contributed by atoms with Crippen molar-refractivity contribution in [2.24, 2.45) is 0 Å². The summed E-state index contributed by atoms with van der Waals surface area (Å²) in [5.74, 6) is -1.54. The molecule has 6 nitrogen and oxygen atoms in total. The third-order valence-electron chi connectivity index (χ3n) is 1.03. The van der Waals surface area contributed by atoms with Crippen molar-refractivity contribution in [2.75, 3.05) is 14.2 Å². The minimum Gasteiger partial charge on any atom is -0.463 e. The van der Waals surface area contributed by atoms with E-state index in [2.05, 4.69) is 9.47 Å². The normalized spacial score (nSPS) is 7.86. The Morgan fingerprint density at radius 2 is 1.07 bits per heavy atom. The first-order valence-electron chi connectivity index (χ1n) is 3.29. The fourth-order valence-corrected chi connectivity index (χ4v) is 0.401. The third kappa shape index (κ3) is 3.49. The molecule has 0 radical (unpaired) electrons. The van der Waals surface area contributed by atoms with Crippen molar-refractivity contribution in [3.8, 4) is 11.8 Å². The summed E-state index contributed by atoms with van der Waals surface area (Å²) in [6.07, 6.45) is 0. The van der Waals surface area contributed by atoms with Crippen LogP contribution in [0.1, 0.15) is 0 Å². The monoisotopic (exact) mass is 198 g/mol. The summed E-state index contributed by atoms with van der Waals surface area (Å²) in [6.45, 7) is 0. The molecule has 0 aliphatic heterocycles. The van der Waals surface area contributed by atoms with E-state index < -0.39 is 23.5 Å². The van der Waals surface area contributed by atoms with E-state index in [1.807, 2.05) is 0 Å². The number of ketones is 2. The van der Waals surface area contributed by atoms with Gasteiger partial charge in [-0.2, -0.15) is 0 Å². The standard InChI is InChI=1S/C8H6O6/c1-13-7(11)5(9)3-4-6(10)8(12)14-2/h1-2H3. The molecule has 0 amide bonds. The zero-order valence-corrected chi connectivity index (χ0v) is 7.45. The first kappa shape index (κ1) is 11.8. The molecule has 0 aromatic rings. The molecular weight excluding hydrogens is 192 g/mol. The van der Waals surface area contributed by atoms with Gasteiger partial charge in [-0.05, 0) is 11.8 Å². The Morgan fingerprint density at radius 3 is 1.29 bits per heavy atom. The zero-order chi connectivity index (χ0) is 11.1. The van der Waals surface area contributed by atoms with Crippen LogP contribution in [0.25, 0.3) is 0 Å². The molecule has 0 bridgehead atoms. The maximum Gasteiger partial charge on any atom is 0.387 e. The van der Waals surface area contributed by atoms with Crippen LogP contribution in [0.4, 0.5) is 0 Å². The van der Waals surface area contributed by atoms with Crippen molar-refractivity contribution in [2.45, 2.75) is 0 Å². The lowest BCUT2D eigenvalue weighted by atomic mass is 10.3. The number of hydrogen-bond donors (Lipinski definition) is 0. The molecule has 0 aromatic carbocycles. The minimum absolute atomic E-state index is 0.990. The average Bonchev–Trinajstić information content (AvgIpc) is 2.22. The predicted molar refractivity (Wildman–Crippen MR) is 41.8 cm³/mol. The summed E-state index contributed by atoms with van der Waals surface area (Å²) in [5.41, 5.74) is 0. The predicted octanol–water partition coefficient (Wildman–Crippen LogP) is -1.53. The molecule has 0 heterocycles. The third-order valence-corrected chi connectivity index (χ3v) is 1.03. The number of hydrogen-bond acceptors (Lipinski definition) is 6. The number of rotatable bonds is 2. The van der Waals surface area contributed by atoms with Crippen LogP contribution in [0.15, 0.2) is 0 Å². The molecule has 0 N–H and O–H groups in total. The van der Waals surface area contributed by atoms with Gasteiger partial charge in [0.25, 0.3) is 0 Å². The molecule has 6 heteroatoms. The highest BCUT2D eigenvalue weighted by molar-refractivity contribution is 6.45. The molecule has 0 saturated carbocycles. The minimum atomic E-state index is -1.20. The van der Waals surface area contributed by atoms with Crippen LogP contribution in [0, 0.1) is 11.8 Å². The van der Waals surface area contributed by atoms with Crippen LogP contribution >= 0.6 is 0 Å². The van der Waals surface area contributed by atoms with E-state index in [0.29, 0.717) is 0 Å². The van der Waals surface area contributed by atoms with Gasteiger partial charge in [0, 0.05) is 0 Å². The number of ether oxygens (including phenoxy) is 2. The summed E-state index contributed by atoms with van der Waals surface area (Å²) < 4.78 is 8.03. The lowest BCUT2D eigenvalue weighted by Crippen LogP contribution is -2.16. The summed E-state index contributed by atoms with van der Waals surface area (Å²) in [7, 11) is 1.98. The Morgan fingerprint density at radius 1 is 0.786 bits per heavy atom. The second kappa shape index (κ2) is 5.48. The summed E-state index contributed by atoms with van der Waals surface area (Å²) >= 11 is 0. The molecule has 0 aliphatic carbocycles. The zero-order valence-electron chi connectivity index (χ0n) is 7.45. The van der Waals surface area contributed by atoms with Crippen molar-refractivity contribution >= 4 is 23.5 Å². The van der Waals surface area contributed by atoms with Gasteiger partial charge in [0.15, 0.2) is 0 Å². The maximum atomic E-state index is 10.6. The van der Waals surface area contributed by atoms with E-state index in [1.54, 1.807) is 11.8 Å². The number of methoxy groups -OCH3 is 2.